The van der Waals surface area contributed by atoms with E-state index in [1.807, 2.05) is 29.2 Å². The number of phenols is 1. The van der Waals surface area contributed by atoms with Gasteiger partial charge in [0.05, 0.1) is 13.3 Å². The summed E-state index contributed by atoms with van der Waals surface area (Å²) in [7, 11) is 1.55. The van der Waals surface area contributed by atoms with Gasteiger partial charge >= 0.3 is 0 Å². The molecule has 3 aromatic carbocycles. The maximum Gasteiger partial charge on any atom is 0.271 e. The number of piperidine rings is 1. The van der Waals surface area contributed by atoms with Crippen molar-refractivity contribution >= 4 is 18.0 Å². The SMILES string of the molecule is COc1cc(/C=N/NC(=O)c2cccc(O)c2)ccc1OCc1ccc(C(=O)N2CCCCC2)cc1. The summed E-state index contributed by atoms with van der Waals surface area (Å²) in [5.41, 5.74) is 5.06. The van der Waals surface area contributed by atoms with E-state index < -0.39 is 5.91 Å². The van der Waals surface area contributed by atoms with Crippen LogP contribution in [0.5, 0.6) is 17.2 Å². The lowest BCUT2D eigenvalue weighted by molar-refractivity contribution is 0.0724. The monoisotopic (exact) mass is 487 g/mol. The lowest BCUT2D eigenvalue weighted by Gasteiger charge is -2.26. The molecule has 2 N–H and O–H groups in total. The zero-order valence-corrected chi connectivity index (χ0v) is 20.1. The number of benzene rings is 3. The number of aromatic hydroxyl groups is 1. The Bertz CT molecular complexity index is 1230. The molecule has 186 valence electrons. The number of amides is 2. The molecule has 3 aromatic rings. The largest absolute Gasteiger partial charge is 0.508 e. The highest BCUT2D eigenvalue weighted by Gasteiger charge is 2.18. The van der Waals surface area contributed by atoms with E-state index in [-0.39, 0.29) is 11.7 Å². The average molecular weight is 488 g/mol. The predicted octanol–water partition coefficient (Wildman–Crippen LogP) is 4.37. The Morgan fingerprint density at radius 3 is 2.47 bits per heavy atom. The van der Waals surface area contributed by atoms with Crippen molar-refractivity contribution in [1.82, 2.24) is 10.3 Å². The Balaban J connectivity index is 1.33. The first-order valence-electron chi connectivity index (χ1n) is 11.8. The van der Waals surface area contributed by atoms with Crippen molar-refractivity contribution in [3.8, 4) is 17.2 Å². The van der Waals surface area contributed by atoms with Gasteiger partial charge in [0, 0.05) is 24.2 Å². The van der Waals surface area contributed by atoms with Crippen molar-refractivity contribution in [1.29, 1.82) is 0 Å². The Kier molecular flexibility index (Phi) is 8.18. The van der Waals surface area contributed by atoms with Crippen LogP contribution < -0.4 is 14.9 Å². The molecule has 0 bridgehead atoms. The summed E-state index contributed by atoms with van der Waals surface area (Å²) in [6, 6.07) is 18.8. The average Bonchev–Trinajstić information content (AvgIpc) is 2.92. The third kappa shape index (κ3) is 6.41. The lowest BCUT2D eigenvalue weighted by Crippen LogP contribution is -2.35. The molecule has 1 heterocycles. The number of carbonyl (C=O) groups excluding carboxylic acids is 2. The fraction of sp³-hybridized carbons (Fsp3) is 0.250. The Labute approximate surface area is 210 Å². The van der Waals surface area contributed by atoms with E-state index in [1.165, 1.54) is 24.8 Å². The molecule has 0 aromatic heterocycles. The van der Waals surface area contributed by atoms with Crippen molar-refractivity contribution in [3.63, 3.8) is 0 Å². The van der Waals surface area contributed by atoms with Crippen molar-refractivity contribution in [3.05, 3.63) is 89.0 Å². The topological polar surface area (TPSA) is 100 Å². The number of nitrogens with zero attached hydrogens (tertiary/aromatic N) is 2. The first-order valence-corrected chi connectivity index (χ1v) is 11.8. The van der Waals surface area contributed by atoms with Crippen molar-refractivity contribution in [2.75, 3.05) is 20.2 Å². The van der Waals surface area contributed by atoms with Gasteiger partial charge in [-0.05, 0) is 78.9 Å². The summed E-state index contributed by atoms with van der Waals surface area (Å²) < 4.78 is 11.4. The lowest BCUT2D eigenvalue weighted by atomic mass is 10.1. The Morgan fingerprint density at radius 1 is 0.972 bits per heavy atom. The van der Waals surface area contributed by atoms with Gasteiger partial charge in [0.1, 0.15) is 12.4 Å². The molecule has 36 heavy (non-hydrogen) atoms. The standard InChI is InChI=1S/C28H29N3O5/c1-35-26-16-21(18-29-30-27(33)23-6-5-7-24(32)17-23)10-13-25(26)36-19-20-8-11-22(12-9-20)28(34)31-14-3-2-4-15-31/h5-13,16-18,32H,2-4,14-15,19H2,1H3,(H,30,33)/b29-18+. The molecule has 0 aliphatic carbocycles. The number of hydrazone groups is 1. The fourth-order valence-electron chi connectivity index (χ4n) is 3.95. The minimum atomic E-state index is -0.433. The molecule has 0 radical (unpaired) electrons. The molecule has 1 aliphatic heterocycles. The van der Waals surface area contributed by atoms with Crippen LogP contribution >= 0.6 is 0 Å². The van der Waals surface area contributed by atoms with Crippen LogP contribution in [-0.2, 0) is 6.61 Å². The number of rotatable bonds is 8. The molecule has 8 nitrogen and oxygen atoms in total. The van der Waals surface area contributed by atoms with E-state index in [1.54, 1.807) is 37.4 Å². The van der Waals surface area contributed by atoms with Gasteiger partial charge in [-0.15, -0.1) is 0 Å². The van der Waals surface area contributed by atoms with E-state index in [0.29, 0.717) is 34.8 Å². The second kappa shape index (κ2) is 11.9. The second-order valence-electron chi connectivity index (χ2n) is 8.50. The van der Waals surface area contributed by atoms with E-state index in [4.69, 9.17) is 9.47 Å². The van der Waals surface area contributed by atoms with Crippen LogP contribution in [0.25, 0.3) is 0 Å². The molecular formula is C28H29N3O5. The van der Waals surface area contributed by atoms with Crippen LogP contribution in [0.1, 0.15) is 51.1 Å². The summed E-state index contributed by atoms with van der Waals surface area (Å²) >= 11 is 0. The first-order chi connectivity index (χ1) is 17.5. The van der Waals surface area contributed by atoms with Crippen molar-refractivity contribution < 1.29 is 24.2 Å². The maximum atomic E-state index is 12.6. The van der Waals surface area contributed by atoms with Crippen LogP contribution in [0.15, 0.2) is 71.8 Å². The molecule has 1 fully saturated rings. The molecule has 0 atom stereocenters. The number of methoxy groups -OCH3 is 1. The van der Waals surface area contributed by atoms with E-state index >= 15 is 0 Å². The van der Waals surface area contributed by atoms with Gasteiger partial charge in [-0.25, -0.2) is 5.43 Å². The number of phenolic OH excluding ortho intramolecular Hbond substituents is 1. The molecule has 0 saturated carbocycles. The molecule has 0 unspecified atom stereocenters. The predicted molar refractivity (Wildman–Crippen MR) is 137 cm³/mol. The Hall–Kier alpha value is -4.33. The summed E-state index contributed by atoms with van der Waals surface area (Å²) in [6.45, 7) is 1.98. The van der Waals surface area contributed by atoms with Crippen LogP contribution in [0.4, 0.5) is 0 Å². The fourth-order valence-corrected chi connectivity index (χ4v) is 3.95. The van der Waals surface area contributed by atoms with Crippen molar-refractivity contribution in [2.24, 2.45) is 5.10 Å². The second-order valence-corrected chi connectivity index (χ2v) is 8.50. The molecule has 4 rings (SSSR count). The first kappa shape index (κ1) is 24.8. The summed E-state index contributed by atoms with van der Waals surface area (Å²) in [4.78, 5) is 26.7. The number of hydrogen-bond acceptors (Lipinski definition) is 6. The van der Waals surface area contributed by atoms with E-state index in [2.05, 4.69) is 10.5 Å². The number of nitrogens with one attached hydrogen (secondary N) is 1. The van der Waals surface area contributed by atoms with Crippen LogP contribution in [0.2, 0.25) is 0 Å². The highest BCUT2D eigenvalue weighted by Crippen LogP contribution is 2.28. The number of carbonyl (C=O) groups is 2. The van der Waals surface area contributed by atoms with Gasteiger partial charge in [-0.1, -0.05) is 18.2 Å². The van der Waals surface area contributed by atoms with Gasteiger partial charge in [0.15, 0.2) is 11.5 Å². The van der Waals surface area contributed by atoms with Crippen LogP contribution in [0.3, 0.4) is 0 Å². The summed E-state index contributed by atoms with van der Waals surface area (Å²) in [6.07, 6.45) is 4.81. The molecule has 8 heteroatoms. The molecule has 0 spiro atoms. The van der Waals surface area contributed by atoms with Crippen molar-refractivity contribution in [2.45, 2.75) is 25.9 Å². The van der Waals surface area contributed by atoms with Gasteiger partial charge in [0.25, 0.3) is 11.8 Å². The zero-order chi connectivity index (χ0) is 25.3. The van der Waals surface area contributed by atoms with Gasteiger partial charge in [-0.2, -0.15) is 5.10 Å². The molecule has 2 amide bonds. The van der Waals surface area contributed by atoms with Crippen LogP contribution in [-0.4, -0.2) is 48.2 Å². The Morgan fingerprint density at radius 2 is 1.75 bits per heavy atom. The third-order valence-electron chi connectivity index (χ3n) is 5.91. The number of hydrogen-bond donors (Lipinski definition) is 2. The third-order valence-corrected chi connectivity index (χ3v) is 5.91. The van der Waals surface area contributed by atoms with Gasteiger partial charge < -0.3 is 19.5 Å². The van der Waals surface area contributed by atoms with Gasteiger partial charge in [-0.3, -0.25) is 9.59 Å². The van der Waals surface area contributed by atoms with E-state index in [9.17, 15) is 14.7 Å². The number of ether oxygens (including phenoxy) is 2. The maximum absolute atomic E-state index is 12.6. The summed E-state index contributed by atoms with van der Waals surface area (Å²) in [5.74, 6) is 0.743. The normalized spacial score (nSPS) is 13.4. The minimum Gasteiger partial charge on any atom is -0.508 e. The highest BCUT2D eigenvalue weighted by molar-refractivity contribution is 5.95. The highest BCUT2D eigenvalue weighted by atomic mass is 16.5. The molecular weight excluding hydrogens is 458 g/mol. The summed E-state index contributed by atoms with van der Waals surface area (Å²) in [5, 5.41) is 13.5. The molecule has 1 saturated heterocycles. The number of likely N-dealkylation sites (tertiary alicyclic amines) is 1. The minimum absolute atomic E-state index is 0.00818. The van der Waals surface area contributed by atoms with Crippen LogP contribution in [0, 0.1) is 0 Å². The quantitative estimate of drug-likeness (QED) is 0.363. The zero-order valence-electron chi connectivity index (χ0n) is 20.1. The van der Waals surface area contributed by atoms with E-state index in [0.717, 1.165) is 31.5 Å². The van der Waals surface area contributed by atoms with Gasteiger partial charge in [0.2, 0.25) is 0 Å². The smallest absolute Gasteiger partial charge is 0.271 e. The molecule has 1 aliphatic rings.